The van der Waals surface area contributed by atoms with Crippen LogP contribution in [-0.2, 0) is 12.8 Å². The maximum atomic E-state index is 6.12. The second-order valence-corrected chi connectivity index (χ2v) is 6.50. The third-order valence-corrected chi connectivity index (χ3v) is 4.55. The zero-order chi connectivity index (χ0) is 17.4. The van der Waals surface area contributed by atoms with E-state index in [2.05, 4.69) is 53.3 Å². The van der Waals surface area contributed by atoms with Crippen LogP contribution in [0.3, 0.4) is 0 Å². The lowest BCUT2D eigenvalue weighted by atomic mass is 10.0. The summed E-state index contributed by atoms with van der Waals surface area (Å²) < 4.78 is 0. The SMILES string of the molecule is Cc1ccc2c(c1)nc(N)c1ncc(CCc3ccc(N)cc3)cc12. The highest BCUT2D eigenvalue weighted by molar-refractivity contribution is 6.08. The molecule has 2 heterocycles. The minimum Gasteiger partial charge on any atom is -0.399 e. The van der Waals surface area contributed by atoms with Gasteiger partial charge in [0, 0.05) is 22.7 Å². The van der Waals surface area contributed by atoms with E-state index in [4.69, 9.17) is 11.5 Å². The molecular weight excluding hydrogens is 308 g/mol. The lowest BCUT2D eigenvalue weighted by molar-refractivity contribution is 0.955. The average molecular weight is 328 g/mol. The molecule has 4 heteroatoms. The smallest absolute Gasteiger partial charge is 0.150 e. The molecule has 0 spiro atoms. The molecule has 0 atom stereocenters. The van der Waals surface area contributed by atoms with Crippen molar-refractivity contribution in [2.75, 3.05) is 11.5 Å². The molecule has 0 unspecified atom stereocenters. The predicted molar refractivity (Wildman–Crippen MR) is 104 cm³/mol. The van der Waals surface area contributed by atoms with Gasteiger partial charge in [-0.3, -0.25) is 4.98 Å². The first-order valence-corrected chi connectivity index (χ1v) is 8.39. The van der Waals surface area contributed by atoms with Crippen molar-refractivity contribution in [3.05, 3.63) is 71.4 Å². The van der Waals surface area contributed by atoms with Crippen molar-refractivity contribution in [1.82, 2.24) is 9.97 Å². The molecule has 4 nitrogen and oxygen atoms in total. The van der Waals surface area contributed by atoms with Crippen LogP contribution < -0.4 is 11.5 Å². The Bertz CT molecular complexity index is 1070. The van der Waals surface area contributed by atoms with Crippen molar-refractivity contribution in [2.45, 2.75) is 19.8 Å². The van der Waals surface area contributed by atoms with E-state index in [9.17, 15) is 0 Å². The summed E-state index contributed by atoms with van der Waals surface area (Å²) in [6, 6.07) is 16.5. The number of pyridine rings is 2. The van der Waals surface area contributed by atoms with Crippen LogP contribution in [0.25, 0.3) is 21.8 Å². The molecule has 0 aliphatic heterocycles. The quantitative estimate of drug-likeness (QED) is 0.439. The maximum absolute atomic E-state index is 6.12. The van der Waals surface area contributed by atoms with Gasteiger partial charge in [-0.05, 0) is 60.7 Å². The van der Waals surface area contributed by atoms with Gasteiger partial charge < -0.3 is 11.5 Å². The summed E-state index contributed by atoms with van der Waals surface area (Å²) in [5.74, 6) is 0.484. The number of benzene rings is 2. The second-order valence-electron chi connectivity index (χ2n) is 6.50. The molecule has 0 bridgehead atoms. The molecule has 0 aliphatic carbocycles. The van der Waals surface area contributed by atoms with Crippen molar-refractivity contribution >= 4 is 33.3 Å². The Kier molecular flexibility index (Phi) is 3.73. The first kappa shape index (κ1) is 15.4. The van der Waals surface area contributed by atoms with E-state index >= 15 is 0 Å². The van der Waals surface area contributed by atoms with Crippen molar-refractivity contribution < 1.29 is 0 Å². The molecule has 0 aliphatic rings. The summed E-state index contributed by atoms with van der Waals surface area (Å²) in [7, 11) is 0. The van der Waals surface area contributed by atoms with Crippen LogP contribution in [0.1, 0.15) is 16.7 Å². The third-order valence-electron chi connectivity index (χ3n) is 4.55. The van der Waals surface area contributed by atoms with Gasteiger partial charge in [-0.2, -0.15) is 0 Å². The summed E-state index contributed by atoms with van der Waals surface area (Å²) in [6.07, 6.45) is 3.77. The van der Waals surface area contributed by atoms with Crippen LogP contribution in [0.2, 0.25) is 0 Å². The van der Waals surface area contributed by atoms with Gasteiger partial charge >= 0.3 is 0 Å². The fraction of sp³-hybridized carbons (Fsp3) is 0.143. The maximum Gasteiger partial charge on any atom is 0.150 e. The highest BCUT2D eigenvalue weighted by atomic mass is 14.9. The highest BCUT2D eigenvalue weighted by Crippen LogP contribution is 2.28. The molecular formula is C21H20N4. The van der Waals surface area contributed by atoms with E-state index in [1.54, 1.807) is 0 Å². The first-order valence-electron chi connectivity index (χ1n) is 8.39. The Morgan fingerprint density at radius 1 is 0.840 bits per heavy atom. The van der Waals surface area contributed by atoms with Crippen LogP contribution >= 0.6 is 0 Å². The number of hydrogen-bond acceptors (Lipinski definition) is 4. The molecule has 124 valence electrons. The van der Waals surface area contributed by atoms with Gasteiger partial charge in [0.2, 0.25) is 0 Å². The number of nitrogen functional groups attached to an aromatic ring is 2. The van der Waals surface area contributed by atoms with E-state index in [0.717, 1.165) is 40.3 Å². The van der Waals surface area contributed by atoms with Crippen LogP contribution in [0.5, 0.6) is 0 Å². The van der Waals surface area contributed by atoms with Gasteiger partial charge in [0.05, 0.1) is 5.52 Å². The standard InChI is InChI=1S/C21H20N4/c1-13-2-9-17-18-11-15(4-3-14-5-7-16(22)8-6-14)12-24-20(18)21(23)25-19(17)10-13/h2,5-12H,3-4,22H2,1H3,(H2,23,25). The molecule has 4 N–H and O–H groups in total. The summed E-state index contributed by atoms with van der Waals surface area (Å²) in [5.41, 5.74) is 18.0. The van der Waals surface area contributed by atoms with Gasteiger partial charge in [0.25, 0.3) is 0 Å². The van der Waals surface area contributed by atoms with Crippen molar-refractivity contribution in [1.29, 1.82) is 0 Å². The number of rotatable bonds is 3. The van der Waals surface area contributed by atoms with Gasteiger partial charge in [0.1, 0.15) is 5.52 Å². The number of nitrogens with zero attached hydrogens (tertiary/aromatic N) is 2. The molecule has 2 aromatic heterocycles. The van der Waals surface area contributed by atoms with E-state index < -0.39 is 0 Å². The highest BCUT2D eigenvalue weighted by Gasteiger charge is 2.09. The lowest BCUT2D eigenvalue weighted by Gasteiger charge is -2.09. The van der Waals surface area contributed by atoms with E-state index in [1.165, 1.54) is 16.7 Å². The Hall–Kier alpha value is -3.14. The number of aryl methyl sites for hydroxylation is 3. The fourth-order valence-electron chi connectivity index (χ4n) is 3.17. The van der Waals surface area contributed by atoms with Crippen molar-refractivity contribution in [3.8, 4) is 0 Å². The largest absolute Gasteiger partial charge is 0.399 e. The summed E-state index contributed by atoms with van der Waals surface area (Å²) in [6.45, 7) is 2.06. The van der Waals surface area contributed by atoms with Crippen LogP contribution in [0.15, 0.2) is 54.7 Å². The van der Waals surface area contributed by atoms with Gasteiger partial charge in [-0.25, -0.2) is 4.98 Å². The molecule has 0 saturated heterocycles. The van der Waals surface area contributed by atoms with Crippen molar-refractivity contribution in [2.24, 2.45) is 0 Å². The number of anilines is 2. The molecule has 4 rings (SSSR count). The van der Waals surface area contributed by atoms with Crippen molar-refractivity contribution in [3.63, 3.8) is 0 Å². The molecule has 0 radical (unpaired) electrons. The minimum atomic E-state index is 0.484. The minimum absolute atomic E-state index is 0.484. The summed E-state index contributed by atoms with van der Waals surface area (Å²) >= 11 is 0. The van der Waals surface area contributed by atoms with Crippen LogP contribution in [0.4, 0.5) is 11.5 Å². The van der Waals surface area contributed by atoms with Gasteiger partial charge in [0.15, 0.2) is 5.82 Å². The average Bonchev–Trinajstić information content (AvgIpc) is 2.61. The van der Waals surface area contributed by atoms with E-state index in [0.29, 0.717) is 5.82 Å². The molecule has 25 heavy (non-hydrogen) atoms. The topological polar surface area (TPSA) is 77.8 Å². The zero-order valence-electron chi connectivity index (χ0n) is 14.2. The lowest BCUT2D eigenvalue weighted by Crippen LogP contribution is -1.98. The number of hydrogen-bond donors (Lipinski definition) is 2. The van der Waals surface area contributed by atoms with Crippen LogP contribution in [0, 0.1) is 6.92 Å². The Labute approximate surface area is 146 Å². The molecule has 0 fully saturated rings. The van der Waals surface area contributed by atoms with Gasteiger partial charge in [-0.15, -0.1) is 0 Å². The Morgan fingerprint density at radius 2 is 1.60 bits per heavy atom. The van der Waals surface area contributed by atoms with E-state index in [1.807, 2.05) is 18.3 Å². The Morgan fingerprint density at radius 3 is 2.40 bits per heavy atom. The Balaban J connectivity index is 1.73. The number of nitrogens with two attached hydrogens (primary N) is 2. The van der Waals surface area contributed by atoms with Crippen LogP contribution in [-0.4, -0.2) is 9.97 Å². The predicted octanol–water partition coefficient (Wildman–Crippen LogP) is 4.04. The molecule has 0 amide bonds. The summed E-state index contributed by atoms with van der Waals surface area (Å²) in [4.78, 5) is 9.07. The first-order chi connectivity index (χ1) is 12.1. The van der Waals surface area contributed by atoms with Gasteiger partial charge in [-0.1, -0.05) is 24.3 Å². The third kappa shape index (κ3) is 2.98. The normalized spacial score (nSPS) is 11.2. The zero-order valence-corrected chi connectivity index (χ0v) is 14.2. The molecule has 4 aromatic rings. The molecule has 2 aromatic carbocycles. The number of aromatic nitrogens is 2. The monoisotopic (exact) mass is 328 g/mol. The second kappa shape index (κ2) is 6.06. The fourth-order valence-corrected chi connectivity index (χ4v) is 3.17. The summed E-state index contributed by atoms with van der Waals surface area (Å²) in [5, 5.41) is 2.16. The molecule has 0 saturated carbocycles. The van der Waals surface area contributed by atoms with E-state index in [-0.39, 0.29) is 0 Å². The number of fused-ring (bicyclic) bond motifs is 3.